The molecule has 1 saturated heterocycles. The highest BCUT2D eigenvalue weighted by Crippen LogP contribution is 2.20. The highest BCUT2D eigenvalue weighted by molar-refractivity contribution is 7.12. The van der Waals surface area contributed by atoms with E-state index in [9.17, 15) is 14.4 Å². The van der Waals surface area contributed by atoms with Gasteiger partial charge in [0.1, 0.15) is 0 Å². The lowest BCUT2D eigenvalue weighted by Gasteiger charge is -2.31. The Bertz CT molecular complexity index is 542. The second-order valence-corrected chi connectivity index (χ2v) is 6.52. The Morgan fingerprint density at radius 1 is 1.41 bits per heavy atom. The van der Waals surface area contributed by atoms with Crippen molar-refractivity contribution < 1.29 is 14.4 Å². The molecule has 3 amide bonds. The molecule has 1 aliphatic heterocycles. The first kappa shape index (κ1) is 16.5. The Labute approximate surface area is 134 Å². The minimum atomic E-state index is -0.243. The third-order valence-electron chi connectivity index (χ3n) is 3.72. The summed E-state index contributed by atoms with van der Waals surface area (Å²) in [7, 11) is 3.30. The SMILES string of the molecule is CN(C)C(=O)CNC(=O)[C@@H]1CCCN(C(=O)c2cccs2)C1. The van der Waals surface area contributed by atoms with Crippen molar-refractivity contribution >= 4 is 29.1 Å². The van der Waals surface area contributed by atoms with E-state index in [1.54, 1.807) is 25.1 Å². The van der Waals surface area contributed by atoms with Crippen molar-refractivity contribution in [3.05, 3.63) is 22.4 Å². The number of nitrogens with zero attached hydrogens (tertiary/aromatic N) is 2. The second kappa shape index (κ2) is 7.40. The first-order chi connectivity index (χ1) is 10.5. The Hall–Kier alpha value is -1.89. The number of hydrogen-bond acceptors (Lipinski definition) is 4. The number of nitrogens with one attached hydrogen (secondary N) is 1. The highest BCUT2D eigenvalue weighted by atomic mass is 32.1. The summed E-state index contributed by atoms with van der Waals surface area (Å²) in [5, 5.41) is 4.53. The van der Waals surface area contributed by atoms with Gasteiger partial charge in [-0.2, -0.15) is 0 Å². The van der Waals surface area contributed by atoms with Crippen LogP contribution in [-0.2, 0) is 9.59 Å². The van der Waals surface area contributed by atoms with Gasteiger partial charge in [-0.15, -0.1) is 11.3 Å². The van der Waals surface area contributed by atoms with Crippen LogP contribution in [0.5, 0.6) is 0 Å². The molecule has 1 N–H and O–H groups in total. The van der Waals surface area contributed by atoms with Gasteiger partial charge in [-0.05, 0) is 24.3 Å². The van der Waals surface area contributed by atoms with Crippen LogP contribution in [0.1, 0.15) is 22.5 Å². The number of hydrogen-bond donors (Lipinski definition) is 1. The van der Waals surface area contributed by atoms with Crippen molar-refractivity contribution in [1.29, 1.82) is 0 Å². The predicted molar refractivity (Wildman–Crippen MR) is 84.7 cm³/mol. The molecular formula is C15H21N3O3S. The van der Waals surface area contributed by atoms with E-state index >= 15 is 0 Å². The van der Waals surface area contributed by atoms with Gasteiger partial charge in [-0.1, -0.05) is 6.07 Å². The van der Waals surface area contributed by atoms with E-state index in [4.69, 9.17) is 0 Å². The molecule has 1 aromatic rings. The quantitative estimate of drug-likeness (QED) is 0.891. The molecule has 0 saturated carbocycles. The molecule has 0 radical (unpaired) electrons. The number of amides is 3. The van der Waals surface area contributed by atoms with E-state index in [1.165, 1.54) is 16.2 Å². The first-order valence-electron chi connectivity index (χ1n) is 7.29. The number of likely N-dealkylation sites (tertiary alicyclic amines) is 1. The third kappa shape index (κ3) is 4.07. The van der Waals surface area contributed by atoms with Gasteiger partial charge in [0.25, 0.3) is 5.91 Å². The van der Waals surface area contributed by atoms with Crippen LogP contribution in [0.3, 0.4) is 0 Å². The number of carbonyl (C=O) groups excluding carboxylic acids is 3. The van der Waals surface area contributed by atoms with E-state index in [2.05, 4.69) is 5.32 Å². The van der Waals surface area contributed by atoms with Gasteiger partial charge in [0.2, 0.25) is 11.8 Å². The second-order valence-electron chi connectivity index (χ2n) is 5.57. The summed E-state index contributed by atoms with van der Waals surface area (Å²) in [5.41, 5.74) is 0. The molecule has 0 aromatic carbocycles. The molecular weight excluding hydrogens is 302 g/mol. The zero-order valence-corrected chi connectivity index (χ0v) is 13.7. The fraction of sp³-hybridized carbons (Fsp3) is 0.533. The summed E-state index contributed by atoms with van der Waals surface area (Å²) in [4.78, 5) is 39.9. The van der Waals surface area contributed by atoms with Crippen LogP contribution in [-0.4, -0.2) is 61.3 Å². The summed E-state index contributed by atoms with van der Waals surface area (Å²) in [5.74, 6) is -0.556. The topological polar surface area (TPSA) is 69.7 Å². The molecule has 1 atom stereocenters. The van der Waals surface area contributed by atoms with Gasteiger partial charge in [-0.25, -0.2) is 0 Å². The molecule has 0 aliphatic carbocycles. The average Bonchev–Trinajstić information content (AvgIpc) is 3.05. The molecule has 2 heterocycles. The molecule has 1 fully saturated rings. The summed E-state index contributed by atoms with van der Waals surface area (Å²) in [6.45, 7) is 1.09. The van der Waals surface area contributed by atoms with Gasteiger partial charge in [0, 0.05) is 27.2 Å². The van der Waals surface area contributed by atoms with Crippen molar-refractivity contribution in [2.75, 3.05) is 33.7 Å². The van der Waals surface area contributed by atoms with E-state index in [1.807, 2.05) is 11.4 Å². The summed E-state index contributed by atoms with van der Waals surface area (Å²) < 4.78 is 0. The Morgan fingerprint density at radius 2 is 2.18 bits per heavy atom. The molecule has 1 aliphatic rings. The lowest BCUT2D eigenvalue weighted by molar-refractivity contribution is -0.132. The van der Waals surface area contributed by atoms with E-state index < -0.39 is 0 Å². The van der Waals surface area contributed by atoms with Crippen LogP contribution in [0.4, 0.5) is 0 Å². The number of piperidine rings is 1. The van der Waals surface area contributed by atoms with Crippen molar-refractivity contribution in [3.63, 3.8) is 0 Å². The van der Waals surface area contributed by atoms with E-state index in [0.717, 1.165) is 12.8 Å². The fourth-order valence-corrected chi connectivity index (χ4v) is 3.09. The lowest BCUT2D eigenvalue weighted by atomic mass is 9.97. The third-order valence-corrected chi connectivity index (χ3v) is 4.58. The van der Waals surface area contributed by atoms with Gasteiger partial charge < -0.3 is 15.1 Å². The number of carbonyl (C=O) groups is 3. The number of thiophene rings is 1. The number of rotatable bonds is 4. The summed E-state index contributed by atoms with van der Waals surface area (Å²) in [6, 6.07) is 3.64. The molecule has 22 heavy (non-hydrogen) atoms. The summed E-state index contributed by atoms with van der Waals surface area (Å²) >= 11 is 1.41. The largest absolute Gasteiger partial charge is 0.347 e. The van der Waals surface area contributed by atoms with Gasteiger partial charge >= 0.3 is 0 Å². The van der Waals surface area contributed by atoms with Crippen molar-refractivity contribution in [2.45, 2.75) is 12.8 Å². The van der Waals surface area contributed by atoms with Gasteiger partial charge in [-0.3, -0.25) is 14.4 Å². The maximum absolute atomic E-state index is 12.3. The smallest absolute Gasteiger partial charge is 0.263 e. The van der Waals surface area contributed by atoms with Crippen LogP contribution >= 0.6 is 11.3 Å². The van der Waals surface area contributed by atoms with Crippen LogP contribution in [0.2, 0.25) is 0 Å². The van der Waals surface area contributed by atoms with Crippen molar-refractivity contribution in [1.82, 2.24) is 15.1 Å². The van der Waals surface area contributed by atoms with Gasteiger partial charge in [0.05, 0.1) is 17.3 Å². The van der Waals surface area contributed by atoms with Crippen LogP contribution in [0.25, 0.3) is 0 Å². The van der Waals surface area contributed by atoms with Crippen LogP contribution in [0.15, 0.2) is 17.5 Å². The summed E-state index contributed by atoms with van der Waals surface area (Å²) in [6.07, 6.45) is 1.55. The van der Waals surface area contributed by atoms with Crippen LogP contribution < -0.4 is 5.32 Å². The van der Waals surface area contributed by atoms with Crippen LogP contribution in [0, 0.1) is 5.92 Å². The average molecular weight is 323 g/mol. The lowest BCUT2D eigenvalue weighted by Crippen LogP contribution is -2.47. The molecule has 120 valence electrons. The molecule has 0 spiro atoms. The molecule has 1 aromatic heterocycles. The van der Waals surface area contributed by atoms with Crippen molar-refractivity contribution in [3.8, 4) is 0 Å². The maximum atomic E-state index is 12.3. The monoisotopic (exact) mass is 323 g/mol. The van der Waals surface area contributed by atoms with E-state index in [-0.39, 0.29) is 30.2 Å². The molecule has 7 heteroatoms. The minimum Gasteiger partial charge on any atom is -0.347 e. The fourth-order valence-electron chi connectivity index (χ4n) is 2.40. The number of likely N-dealkylation sites (N-methyl/N-ethyl adjacent to an activating group) is 1. The first-order valence-corrected chi connectivity index (χ1v) is 8.17. The Morgan fingerprint density at radius 3 is 2.82 bits per heavy atom. The molecule has 6 nitrogen and oxygen atoms in total. The maximum Gasteiger partial charge on any atom is 0.263 e. The molecule has 0 unspecified atom stereocenters. The van der Waals surface area contributed by atoms with E-state index in [0.29, 0.717) is 18.0 Å². The molecule has 2 rings (SSSR count). The zero-order chi connectivity index (χ0) is 16.1. The minimum absolute atomic E-state index is 0.00119. The Balaban J connectivity index is 1.88. The zero-order valence-electron chi connectivity index (χ0n) is 12.9. The van der Waals surface area contributed by atoms with Gasteiger partial charge in [0.15, 0.2) is 0 Å². The predicted octanol–water partition coefficient (Wildman–Crippen LogP) is 0.805. The highest BCUT2D eigenvalue weighted by Gasteiger charge is 2.29. The Kier molecular flexibility index (Phi) is 5.54. The van der Waals surface area contributed by atoms with Crippen molar-refractivity contribution in [2.24, 2.45) is 5.92 Å². The standard InChI is InChI=1S/C15H21N3O3S/c1-17(2)13(19)9-16-14(20)11-5-3-7-18(10-11)15(21)12-6-4-8-22-12/h4,6,8,11H,3,5,7,9-10H2,1-2H3,(H,16,20)/t11-/m1/s1. The molecule has 0 bridgehead atoms. The normalized spacial score (nSPS) is 17.9.